The van der Waals surface area contributed by atoms with Gasteiger partial charge in [0.15, 0.2) is 0 Å². The first-order valence-corrected chi connectivity index (χ1v) is 7.75. The molecule has 0 radical (unpaired) electrons. The number of benzene rings is 1. The van der Waals surface area contributed by atoms with Crippen LogP contribution < -0.4 is 11.1 Å². The van der Waals surface area contributed by atoms with Gasteiger partial charge in [-0.15, -0.1) is 0 Å². The van der Waals surface area contributed by atoms with Gasteiger partial charge in [0.1, 0.15) is 5.82 Å². The van der Waals surface area contributed by atoms with Gasteiger partial charge in [-0.05, 0) is 37.8 Å². The summed E-state index contributed by atoms with van der Waals surface area (Å²) in [6, 6.07) is 8.09. The second-order valence-electron chi connectivity index (χ2n) is 6.02. The summed E-state index contributed by atoms with van der Waals surface area (Å²) in [5, 5.41) is 3.08. The topological polar surface area (TPSA) is 72.9 Å². The fourth-order valence-corrected chi connectivity index (χ4v) is 3.02. The van der Waals surface area contributed by atoms with Crippen molar-refractivity contribution < 1.29 is 4.79 Å². The van der Waals surface area contributed by atoms with Crippen LogP contribution in [0.3, 0.4) is 0 Å². The van der Waals surface area contributed by atoms with Crippen LogP contribution in [0.1, 0.15) is 30.7 Å². The van der Waals surface area contributed by atoms with Crippen LogP contribution in [0, 0.1) is 12.8 Å². The van der Waals surface area contributed by atoms with E-state index in [0.29, 0.717) is 6.54 Å². The van der Waals surface area contributed by atoms with Crippen molar-refractivity contribution in [3.63, 3.8) is 0 Å². The normalized spacial score (nSPS) is 21.0. The lowest BCUT2D eigenvalue weighted by molar-refractivity contribution is -0.119. The molecule has 3 N–H and O–H groups in total. The highest BCUT2D eigenvalue weighted by atomic mass is 16.1. The van der Waals surface area contributed by atoms with E-state index in [1.54, 1.807) is 6.20 Å². The van der Waals surface area contributed by atoms with E-state index in [2.05, 4.69) is 14.9 Å². The number of aryl methyl sites for hydroxylation is 1. The van der Waals surface area contributed by atoms with Crippen molar-refractivity contribution in [1.29, 1.82) is 0 Å². The molecule has 116 valence electrons. The zero-order valence-corrected chi connectivity index (χ0v) is 12.8. The minimum atomic E-state index is 0.0398. The summed E-state index contributed by atoms with van der Waals surface area (Å²) in [6.45, 7) is 2.67. The van der Waals surface area contributed by atoms with Crippen molar-refractivity contribution >= 4 is 11.6 Å². The monoisotopic (exact) mass is 298 g/mol. The third-order valence-electron chi connectivity index (χ3n) is 4.38. The SMILES string of the molecule is Cc1nccn1Cc1ccccc1NC(=O)[C@H]1CC[C@@H](N)C1. The van der Waals surface area contributed by atoms with E-state index >= 15 is 0 Å². The maximum Gasteiger partial charge on any atom is 0.227 e. The Morgan fingerprint density at radius 2 is 2.23 bits per heavy atom. The molecule has 3 rings (SSSR count). The first kappa shape index (κ1) is 14.8. The van der Waals surface area contributed by atoms with Gasteiger partial charge in [-0.1, -0.05) is 18.2 Å². The summed E-state index contributed by atoms with van der Waals surface area (Å²) in [7, 11) is 0. The van der Waals surface area contributed by atoms with E-state index in [-0.39, 0.29) is 17.9 Å². The Kier molecular flexibility index (Phi) is 4.24. The zero-order chi connectivity index (χ0) is 15.5. The van der Waals surface area contributed by atoms with E-state index in [1.807, 2.05) is 37.4 Å². The number of para-hydroxylation sites is 1. The second-order valence-corrected chi connectivity index (χ2v) is 6.02. The lowest BCUT2D eigenvalue weighted by atomic mass is 10.1. The predicted octanol–water partition coefficient (Wildman–Crippen LogP) is 2.31. The number of aromatic nitrogens is 2. The Balaban J connectivity index is 1.74. The minimum absolute atomic E-state index is 0.0398. The molecule has 1 aromatic heterocycles. The van der Waals surface area contributed by atoms with Crippen molar-refractivity contribution in [2.45, 2.75) is 38.8 Å². The van der Waals surface area contributed by atoms with E-state index in [4.69, 9.17) is 5.73 Å². The maximum atomic E-state index is 12.4. The number of imidazole rings is 1. The van der Waals surface area contributed by atoms with Gasteiger partial charge >= 0.3 is 0 Å². The largest absolute Gasteiger partial charge is 0.331 e. The van der Waals surface area contributed by atoms with Gasteiger partial charge in [0, 0.05) is 30.0 Å². The molecular weight excluding hydrogens is 276 g/mol. The van der Waals surface area contributed by atoms with Crippen LogP contribution >= 0.6 is 0 Å². The predicted molar refractivity (Wildman–Crippen MR) is 86.5 cm³/mol. The first-order chi connectivity index (χ1) is 10.6. The molecule has 1 aromatic carbocycles. The molecule has 0 spiro atoms. The highest BCUT2D eigenvalue weighted by molar-refractivity contribution is 5.93. The van der Waals surface area contributed by atoms with Crippen molar-refractivity contribution in [3.05, 3.63) is 48.0 Å². The van der Waals surface area contributed by atoms with Gasteiger partial charge in [-0.25, -0.2) is 4.98 Å². The highest BCUT2D eigenvalue weighted by Crippen LogP contribution is 2.26. The van der Waals surface area contributed by atoms with E-state index in [1.165, 1.54) is 0 Å². The lowest BCUT2D eigenvalue weighted by Gasteiger charge is -2.15. The fourth-order valence-electron chi connectivity index (χ4n) is 3.02. The molecule has 5 heteroatoms. The molecule has 1 saturated carbocycles. The summed E-state index contributed by atoms with van der Waals surface area (Å²) in [5.74, 6) is 1.09. The third kappa shape index (κ3) is 3.20. The van der Waals surface area contributed by atoms with Gasteiger partial charge in [0.05, 0.1) is 6.54 Å². The van der Waals surface area contributed by atoms with E-state index in [9.17, 15) is 4.79 Å². The number of nitrogens with two attached hydrogens (primary N) is 1. The molecule has 1 amide bonds. The third-order valence-corrected chi connectivity index (χ3v) is 4.38. The molecule has 1 aliphatic rings. The number of nitrogens with one attached hydrogen (secondary N) is 1. The number of amides is 1. The quantitative estimate of drug-likeness (QED) is 0.909. The van der Waals surface area contributed by atoms with Crippen molar-refractivity contribution in [1.82, 2.24) is 9.55 Å². The van der Waals surface area contributed by atoms with Crippen molar-refractivity contribution in [3.8, 4) is 0 Å². The van der Waals surface area contributed by atoms with Crippen LogP contribution in [0.25, 0.3) is 0 Å². The molecule has 0 bridgehead atoms. The minimum Gasteiger partial charge on any atom is -0.331 e. The van der Waals surface area contributed by atoms with Gasteiger partial charge < -0.3 is 15.6 Å². The summed E-state index contributed by atoms with van der Waals surface area (Å²) in [6.07, 6.45) is 6.35. The second kappa shape index (κ2) is 6.32. The lowest BCUT2D eigenvalue weighted by Crippen LogP contribution is -2.23. The molecule has 22 heavy (non-hydrogen) atoms. The summed E-state index contributed by atoms with van der Waals surface area (Å²) < 4.78 is 2.07. The molecule has 1 heterocycles. The maximum absolute atomic E-state index is 12.4. The number of hydrogen-bond acceptors (Lipinski definition) is 3. The summed E-state index contributed by atoms with van der Waals surface area (Å²) >= 11 is 0. The van der Waals surface area contributed by atoms with Gasteiger partial charge in [0.25, 0.3) is 0 Å². The number of anilines is 1. The van der Waals surface area contributed by atoms with Gasteiger partial charge in [0.2, 0.25) is 5.91 Å². The number of rotatable bonds is 4. The smallest absolute Gasteiger partial charge is 0.227 e. The first-order valence-electron chi connectivity index (χ1n) is 7.75. The molecule has 5 nitrogen and oxygen atoms in total. The molecule has 0 aliphatic heterocycles. The molecule has 2 aromatic rings. The average Bonchev–Trinajstić information content (AvgIpc) is 3.10. The molecular formula is C17H22N4O. The Morgan fingerprint density at radius 1 is 1.41 bits per heavy atom. The fraction of sp³-hybridized carbons (Fsp3) is 0.412. The van der Waals surface area contributed by atoms with Crippen molar-refractivity contribution in [2.24, 2.45) is 11.7 Å². The zero-order valence-electron chi connectivity index (χ0n) is 12.8. The molecule has 2 atom stereocenters. The molecule has 0 saturated heterocycles. The average molecular weight is 298 g/mol. The Labute approximate surface area is 130 Å². The summed E-state index contributed by atoms with van der Waals surface area (Å²) in [5.41, 5.74) is 7.86. The van der Waals surface area contributed by atoms with Gasteiger partial charge in [-0.2, -0.15) is 0 Å². The van der Waals surface area contributed by atoms with E-state index < -0.39 is 0 Å². The van der Waals surface area contributed by atoms with Crippen molar-refractivity contribution in [2.75, 3.05) is 5.32 Å². The number of hydrogen-bond donors (Lipinski definition) is 2. The Hall–Kier alpha value is -2.14. The number of nitrogens with zero attached hydrogens (tertiary/aromatic N) is 2. The Morgan fingerprint density at radius 3 is 2.91 bits per heavy atom. The number of carbonyl (C=O) groups is 1. The van der Waals surface area contributed by atoms with Crippen LogP contribution in [0.15, 0.2) is 36.7 Å². The van der Waals surface area contributed by atoms with Crippen LogP contribution in [0.2, 0.25) is 0 Å². The van der Waals surface area contributed by atoms with Crippen LogP contribution in [0.4, 0.5) is 5.69 Å². The number of carbonyl (C=O) groups excluding carboxylic acids is 1. The standard InChI is InChI=1S/C17H22N4O/c1-12-19-8-9-21(12)11-14-4-2-3-5-16(14)20-17(22)13-6-7-15(18)10-13/h2-5,8-9,13,15H,6-7,10-11,18H2,1H3,(H,20,22)/t13-,15+/m0/s1. The summed E-state index contributed by atoms with van der Waals surface area (Å²) in [4.78, 5) is 16.6. The van der Waals surface area contributed by atoms with Crippen LogP contribution in [-0.4, -0.2) is 21.5 Å². The van der Waals surface area contributed by atoms with E-state index in [0.717, 1.165) is 36.3 Å². The molecule has 0 unspecified atom stereocenters. The molecule has 1 fully saturated rings. The molecule has 1 aliphatic carbocycles. The van der Waals surface area contributed by atoms with Crippen LogP contribution in [-0.2, 0) is 11.3 Å². The van der Waals surface area contributed by atoms with Gasteiger partial charge in [-0.3, -0.25) is 4.79 Å². The highest BCUT2D eigenvalue weighted by Gasteiger charge is 2.28. The van der Waals surface area contributed by atoms with Crippen LogP contribution in [0.5, 0.6) is 0 Å². The Bertz CT molecular complexity index is 664.